The van der Waals surface area contributed by atoms with Gasteiger partial charge in [-0.1, -0.05) is 68.4 Å². The molecular formula is C24H32N2O2. The van der Waals surface area contributed by atoms with E-state index in [1.165, 1.54) is 5.56 Å². The van der Waals surface area contributed by atoms with Crippen LogP contribution in [0.4, 0.5) is 0 Å². The lowest BCUT2D eigenvalue weighted by molar-refractivity contribution is -0.139. The van der Waals surface area contributed by atoms with Gasteiger partial charge in [0, 0.05) is 20.0 Å². The fraction of sp³-hybridized carbons (Fsp3) is 0.417. The summed E-state index contributed by atoms with van der Waals surface area (Å²) in [7, 11) is 1.61. The molecule has 28 heavy (non-hydrogen) atoms. The largest absolute Gasteiger partial charge is 0.357 e. The second-order valence-corrected chi connectivity index (χ2v) is 7.51. The van der Waals surface area contributed by atoms with Crippen LogP contribution in [0.5, 0.6) is 0 Å². The number of benzene rings is 2. The maximum atomic E-state index is 12.9. The molecule has 2 amide bonds. The maximum Gasteiger partial charge on any atom is 0.242 e. The van der Waals surface area contributed by atoms with Gasteiger partial charge in [-0.05, 0) is 42.4 Å². The van der Waals surface area contributed by atoms with Gasteiger partial charge in [0.2, 0.25) is 11.8 Å². The number of aryl methyl sites for hydroxylation is 1. The summed E-state index contributed by atoms with van der Waals surface area (Å²) in [6.07, 6.45) is 1.81. The first-order valence-corrected chi connectivity index (χ1v) is 10.1. The Morgan fingerprint density at radius 2 is 1.50 bits per heavy atom. The number of carbonyl (C=O) groups excluding carboxylic acids is 2. The number of nitrogens with zero attached hydrogens (tertiary/aromatic N) is 1. The summed E-state index contributed by atoms with van der Waals surface area (Å²) in [6, 6.07) is 18.0. The summed E-state index contributed by atoms with van der Waals surface area (Å²) in [4.78, 5) is 26.8. The highest BCUT2D eigenvalue weighted by Crippen LogP contribution is 2.16. The van der Waals surface area contributed by atoms with Gasteiger partial charge in [0.05, 0.1) is 0 Å². The van der Waals surface area contributed by atoms with Crippen molar-refractivity contribution in [2.75, 3.05) is 13.6 Å². The van der Waals surface area contributed by atoms with Crippen LogP contribution in [0.25, 0.3) is 0 Å². The van der Waals surface area contributed by atoms with Gasteiger partial charge in [-0.3, -0.25) is 9.59 Å². The molecule has 2 rings (SSSR count). The van der Waals surface area contributed by atoms with Crippen LogP contribution in [0, 0.1) is 0 Å². The third kappa shape index (κ3) is 6.22. The summed E-state index contributed by atoms with van der Waals surface area (Å²) in [5.74, 6) is 0.375. The van der Waals surface area contributed by atoms with E-state index >= 15 is 0 Å². The van der Waals surface area contributed by atoms with Crippen LogP contribution in [0.15, 0.2) is 54.6 Å². The number of hydrogen-bond donors (Lipinski definition) is 1. The number of carbonyl (C=O) groups is 2. The molecule has 1 atom stereocenters. The number of rotatable bonds is 9. The molecule has 0 spiro atoms. The van der Waals surface area contributed by atoms with E-state index < -0.39 is 6.04 Å². The Morgan fingerprint density at radius 3 is 2.07 bits per heavy atom. The molecule has 0 aliphatic carbocycles. The molecule has 0 aromatic heterocycles. The van der Waals surface area contributed by atoms with Gasteiger partial charge < -0.3 is 10.2 Å². The zero-order chi connectivity index (χ0) is 20.5. The molecule has 0 radical (unpaired) electrons. The predicted molar refractivity (Wildman–Crippen MR) is 114 cm³/mol. The molecule has 2 aromatic carbocycles. The first kappa shape index (κ1) is 21.7. The van der Waals surface area contributed by atoms with Crippen molar-refractivity contribution < 1.29 is 9.59 Å². The van der Waals surface area contributed by atoms with Crippen LogP contribution in [-0.4, -0.2) is 36.3 Å². The normalized spacial score (nSPS) is 11.9. The van der Waals surface area contributed by atoms with Crippen LogP contribution >= 0.6 is 0 Å². The molecule has 0 fully saturated rings. The topological polar surface area (TPSA) is 49.4 Å². The van der Waals surface area contributed by atoms with E-state index in [0.717, 1.165) is 17.5 Å². The van der Waals surface area contributed by atoms with Gasteiger partial charge >= 0.3 is 0 Å². The highest BCUT2D eigenvalue weighted by molar-refractivity contribution is 5.87. The van der Waals surface area contributed by atoms with Crippen LogP contribution in [-0.2, 0) is 22.4 Å². The summed E-state index contributed by atoms with van der Waals surface area (Å²) in [5.41, 5.74) is 3.61. The van der Waals surface area contributed by atoms with Crippen LogP contribution in [0.1, 0.15) is 49.8 Å². The quantitative estimate of drug-likeness (QED) is 0.716. The SMILES string of the molecule is CNC(=O)C(C)N(CCc1ccccc1)C(=O)CCc1ccc(C(C)C)cc1. The van der Waals surface area contributed by atoms with Crippen molar-refractivity contribution in [3.05, 3.63) is 71.3 Å². The molecule has 0 saturated heterocycles. The predicted octanol–water partition coefficient (Wildman–Crippen LogP) is 3.95. The van der Waals surface area contributed by atoms with E-state index in [9.17, 15) is 9.59 Å². The second kappa shape index (κ2) is 10.6. The fourth-order valence-electron chi connectivity index (χ4n) is 3.24. The Labute approximate surface area is 169 Å². The van der Waals surface area contributed by atoms with E-state index in [-0.39, 0.29) is 11.8 Å². The van der Waals surface area contributed by atoms with Crippen molar-refractivity contribution >= 4 is 11.8 Å². The van der Waals surface area contributed by atoms with Gasteiger partial charge in [-0.2, -0.15) is 0 Å². The monoisotopic (exact) mass is 380 g/mol. The average Bonchev–Trinajstić information content (AvgIpc) is 2.72. The number of nitrogens with one attached hydrogen (secondary N) is 1. The molecule has 0 bridgehead atoms. The zero-order valence-electron chi connectivity index (χ0n) is 17.4. The molecule has 4 nitrogen and oxygen atoms in total. The van der Waals surface area contributed by atoms with Crippen molar-refractivity contribution in [2.45, 2.75) is 52.0 Å². The lowest BCUT2D eigenvalue weighted by Gasteiger charge is -2.28. The van der Waals surface area contributed by atoms with E-state index in [0.29, 0.717) is 25.3 Å². The summed E-state index contributed by atoms with van der Waals surface area (Å²) >= 11 is 0. The van der Waals surface area contributed by atoms with E-state index in [1.54, 1.807) is 18.9 Å². The first-order valence-electron chi connectivity index (χ1n) is 10.1. The highest BCUT2D eigenvalue weighted by Gasteiger charge is 2.24. The fourth-order valence-corrected chi connectivity index (χ4v) is 3.24. The van der Waals surface area contributed by atoms with E-state index in [1.807, 2.05) is 30.3 Å². The minimum atomic E-state index is -0.482. The molecule has 0 saturated carbocycles. The van der Waals surface area contributed by atoms with E-state index in [4.69, 9.17) is 0 Å². The van der Waals surface area contributed by atoms with Crippen molar-refractivity contribution in [3.8, 4) is 0 Å². The Bertz CT molecular complexity index is 754. The standard InChI is InChI=1S/C24H32N2O2/c1-18(2)22-13-10-21(11-14-22)12-15-23(27)26(19(3)24(28)25-4)17-16-20-8-6-5-7-9-20/h5-11,13-14,18-19H,12,15-17H2,1-4H3,(H,25,28). The van der Waals surface area contributed by atoms with Crippen LogP contribution < -0.4 is 5.32 Å². The molecule has 1 unspecified atom stereocenters. The lowest BCUT2D eigenvalue weighted by atomic mass is 10.00. The van der Waals surface area contributed by atoms with Gasteiger partial charge in [0.15, 0.2) is 0 Å². The Kier molecular flexibility index (Phi) is 8.24. The third-order valence-corrected chi connectivity index (χ3v) is 5.17. The summed E-state index contributed by atoms with van der Waals surface area (Å²) in [6.45, 7) is 6.66. The van der Waals surface area contributed by atoms with Crippen LogP contribution in [0.2, 0.25) is 0 Å². The molecule has 0 aliphatic rings. The summed E-state index contributed by atoms with van der Waals surface area (Å²) < 4.78 is 0. The maximum absolute atomic E-state index is 12.9. The molecule has 150 valence electrons. The molecule has 0 heterocycles. The minimum Gasteiger partial charge on any atom is -0.357 e. The number of amides is 2. The van der Waals surface area contributed by atoms with Gasteiger partial charge in [0.1, 0.15) is 6.04 Å². The zero-order valence-corrected chi connectivity index (χ0v) is 17.4. The van der Waals surface area contributed by atoms with Gasteiger partial charge in [-0.15, -0.1) is 0 Å². The number of likely N-dealkylation sites (N-methyl/N-ethyl adjacent to an activating group) is 1. The number of hydrogen-bond acceptors (Lipinski definition) is 2. The Hall–Kier alpha value is -2.62. The first-order chi connectivity index (χ1) is 13.4. The van der Waals surface area contributed by atoms with Crippen molar-refractivity contribution in [1.82, 2.24) is 10.2 Å². The van der Waals surface area contributed by atoms with Crippen molar-refractivity contribution in [2.24, 2.45) is 0 Å². The van der Waals surface area contributed by atoms with Gasteiger partial charge in [-0.25, -0.2) is 0 Å². The molecule has 2 aromatic rings. The average molecular weight is 381 g/mol. The van der Waals surface area contributed by atoms with Crippen LogP contribution in [0.3, 0.4) is 0 Å². The molecule has 0 aliphatic heterocycles. The second-order valence-electron chi connectivity index (χ2n) is 7.51. The molecule has 4 heteroatoms. The summed E-state index contributed by atoms with van der Waals surface area (Å²) in [5, 5.41) is 2.66. The minimum absolute atomic E-state index is 0.0139. The van der Waals surface area contributed by atoms with Crippen molar-refractivity contribution in [3.63, 3.8) is 0 Å². The Balaban J connectivity index is 2.01. The van der Waals surface area contributed by atoms with E-state index in [2.05, 4.69) is 43.4 Å². The highest BCUT2D eigenvalue weighted by atomic mass is 16.2. The van der Waals surface area contributed by atoms with Crippen molar-refractivity contribution in [1.29, 1.82) is 0 Å². The smallest absolute Gasteiger partial charge is 0.242 e. The third-order valence-electron chi connectivity index (χ3n) is 5.17. The molecular weight excluding hydrogens is 348 g/mol. The molecule has 1 N–H and O–H groups in total. The Morgan fingerprint density at radius 1 is 0.893 bits per heavy atom. The lowest BCUT2D eigenvalue weighted by Crippen LogP contribution is -2.48. The van der Waals surface area contributed by atoms with Gasteiger partial charge in [0.25, 0.3) is 0 Å².